The molecule has 148 valence electrons. The van der Waals surface area contributed by atoms with E-state index in [1.54, 1.807) is 24.0 Å². The van der Waals surface area contributed by atoms with Crippen molar-refractivity contribution in [1.82, 2.24) is 4.90 Å². The molecule has 6 nitrogen and oxygen atoms in total. The van der Waals surface area contributed by atoms with E-state index in [2.05, 4.69) is 0 Å². The minimum atomic E-state index is -0.513. The molecule has 0 bridgehead atoms. The fraction of sp³-hybridized carbons (Fsp3) is 0.550. The minimum Gasteiger partial charge on any atom is -0.466 e. The highest BCUT2D eigenvalue weighted by Gasteiger charge is 2.35. The molecule has 0 aromatic heterocycles. The zero-order valence-corrected chi connectivity index (χ0v) is 15.8. The Bertz CT molecular complexity index is 661. The van der Waals surface area contributed by atoms with Gasteiger partial charge in [0, 0.05) is 18.5 Å². The molecule has 1 amide bonds. The first-order valence-electron chi connectivity index (χ1n) is 9.22. The first kappa shape index (κ1) is 20.9. The first-order valence-corrected chi connectivity index (χ1v) is 9.22. The van der Waals surface area contributed by atoms with E-state index >= 15 is 0 Å². The molecule has 1 aromatic carbocycles. The maximum Gasteiger partial charge on any atom is 0.409 e. The molecule has 1 aliphatic heterocycles. The molecule has 2 atom stereocenters. The quantitative estimate of drug-likeness (QED) is 0.538. The summed E-state index contributed by atoms with van der Waals surface area (Å²) < 4.78 is 22.8. The fourth-order valence-corrected chi connectivity index (χ4v) is 3.46. The second-order valence-corrected chi connectivity index (χ2v) is 6.65. The number of ketones is 1. The van der Waals surface area contributed by atoms with Gasteiger partial charge in [-0.25, -0.2) is 9.18 Å². The zero-order chi connectivity index (χ0) is 19.8. The third kappa shape index (κ3) is 6.05. The average molecular weight is 379 g/mol. The number of Topliss-reactive ketones (excluding diaryl/α,β-unsaturated/α-hetero) is 1. The fourth-order valence-electron chi connectivity index (χ4n) is 3.46. The lowest BCUT2D eigenvalue weighted by Gasteiger charge is -2.38. The van der Waals surface area contributed by atoms with Gasteiger partial charge >= 0.3 is 12.1 Å². The number of hydrogen-bond acceptors (Lipinski definition) is 5. The summed E-state index contributed by atoms with van der Waals surface area (Å²) in [6, 6.07) is 6.06. The maximum absolute atomic E-state index is 13.0. The van der Waals surface area contributed by atoms with Crippen LogP contribution in [0.25, 0.3) is 0 Å². The maximum atomic E-state index is 13.0. The van der Waals surface area contributed by atoms with Crippen LogP contribution in [-0.2, 0) is 25.5 Å². The van der Waals surface area contributed by atoms with Crippen molar-refractivity contribution >= 4 is 17.8 Å². The molecule has 1 saturated heterocycles. The van der Waals surface area contributed by atoms with Crippen LogP contribution >= 0.6 is 0 Å². The molecular formula is C20H26FNO5. The molecular weight excluding hydrogens is 353 g/mol. The van der Waals surface area contributed by atoms with Crippen molar-refractivity contribution in [2.75, 3.05) is 20.3 Å². The Morgan fingerprint density at radius 1 is 1.22 bits per heavy atom. The number of methoxy groups -OCH3 is 1. The van der Waals surface area contributed by atoms with Crippen LogP contribution in [0.5, 0.6) is 0 Å². The number of carbonyl (C=O) groups is 3. The van der Waals surface area contributed by atoms with Crippen molar-refractivity contribution < 1.29 is 28.2 Å². The number of carbonyl (C=O) groups excluding carboxylic acids is 3. The smallest absolute Gasteiger partial charge is 0.409 e. The largest absolute Gasteiger partial charge is 0.466 e. The number of benzene rings is 1. The van der Waals surface area contributed by atoms with Crippen LogP contribution < -0.4 is 0 Å². The lowest BCUT2D eigenvalue weighted by atomic mass is 9.84. The highest BCUT2D eigenvalue weighted by atomic mass is 19.1. The van der Waals surface area contributed by atoms with Crippen LogP contribution in [-0.4, -0.2) is 49.0 Å². The lowest BCUT2D eigenvalue weighted by Crippen LogP contribution is -2.47. The molecule has 27 heavy (non-hydrogen) atoms. The molecule has 0 spiro atoms. The van der Waals surface area contributed by atoms with E-state index in [4.69, 9.17) is 9.47 Å². The number of nitrogens with zero attached hydrogens (tertiary/aromatic N) is 1. The minimum absolute atomic E-state index is 0.148. The molecule has 1 heterocycles. The summed E-state index contributed by atoms with van der Waals surface area (Å²) in [5.74, 6) is -1.24. The number of rotatable bonds is 7. The number of likely N-dealkylation sites (tertiary alicyclic amines) is 1. The van der Waals surface area contributed by atoms with Crippen LogP contribution in [0.2, 0.25) is 0 Å². The van der Waals surface area contributed by atoms with Crippen molar-refractivity contribution in [3.8, 4) is 0 Å². The third-order valence-electron chi connectivity index (χ3n) is 4.88. The Labute approximate surface area is 158 Å². The number of esters is 1. The highest BCUT2D eigenvalue weighted by molar-refractivity contribution is 5.96. The Kier molecular flexibility index (Phi) is 7.76. The molecule has 0 unspecified atom stereocenters. The van der Waals surface area contributed by atoms with Crippen molar-refractivity contribution in [2.45, 2.75) is 45.1 Å². The standard InChI is InChI=1S/C20H26FNO5/c1-3-27-19(24)13-18(23)15-10-11-22(20(25)26-2)17(12-15)9-6-14-4-7-16(21)8-5-14/h4-5,7-8,15,17H,3,6,9-13H2,1-2H3/t15-,17-/m1/s1. The molecule has 0 aliphatic carbocycles. The van der Waals surface area contributed by atoms with Gasteiger partial charge in [0.1, 0.15) is 18.0 Å². The summed E-state index contributed by atoms with van der Waals surface area (Å²) in [5, 5.41) is 0. The van der Waals surface area contributed by atoms with Crippen molar-refractivity contribution in [1.29, 1.82) is 0 Å². The summed E-state index contributed by atoms with van der Waals surface area (Å²) in [6.45, 7) is 2.34. The normalized spacial score (nSPS) is 19.4. The number of halogens is 1. The van der Waals surface area contributed by atoms with E-state index in [-0.39, 0.29) is 36.6 Å². The molecule has 2 rings (SSSR count). The number of hydrogen-bond donors (Lipinski definition) is 0. The van der Waals surface area contributed by atoms with Gasteiger partial charge in [0.2, 0.25) is 0 Å². The van der Waals surface area contributed by atoms with Crippen molar-refractivity contribution in [2.24, 2.45) is 5.92 Å². The van der Waals surface area contributed by atoms with Crippen LogP contribution in [0, 0.1) is 11.7 Å². The first-order chi connectivity index (χ1) is 12.9. The van der Waals surface area contributed by atoms with E-state index in [1.165, 1.54) is 19.2 Å². The van der Waals surface area contributed by atoms with Crippen molar-refractivity contribution in [3.63, 3.8) is 0 Å². The van der Waals surface area contributed by atoms with Gasteiger partial charge in [0.05, 0.1) is 13.7 Å². The third-order valence-corrected chi connectivity index (χ3v) is 4.88. The molecule has 1 fully saturated rings. The summed E-state index contributed by atoms with van der Waals surface area (Å²) >= 11 is 0. The van der Waals surface area contributed by atoms with E-state index in [0.717, 1.165) is 5.56 Å². The Hall–Kier alpha value is -2.44. The number of amides is 1. The molecule has 1 aliphatic rings. The predicted octanol–water partition coefficient (Wildman–Crippen LogP) is 3.13. The van der Waals surface area contributed by atoms with Crippen LogP contribution in [0.1, 0.15) is 38.2 Å². The van der Waals surface area contributed by atoms with Gasteiger partial charge in [0.15, 0.2) is 0 Å². The summed E-state index contributed by atoms with van der Waals surface area (Å²) in [5.41, 5.74) is 0.959. The van der Waals surface area contributed by atoms with Gasteiger partial charge in [-0.05, 0) is 50.3 Å². The SMILES string of the molecule is CCOC(=O)CC(=O)[C@@H]1CCN(C(=O)OC)[C@H](CCc2ccc(F)cc2)C1. The summed E-state index contributed by atoms with van der Waals surface area (Å²) in [4.78, 5) is 37.7. The molecule has 1 aromatic rings. The van der Waals surface area contributed by atoms with E-state index in [0.29, 0.717) is 32.2 Å². The second-order valence-electron chi connectivity index (χ2n) is 6.65. The van der Waals surface area contributed by atoms with Gasteiger partial charge < -0.3 is 14.4 Å². The van der Waals surface area contributed by atoms with Gasteiger partial charge in [-0.2, -0.15) is 0 Å². The lowest BCUT2D eigenvalue weighted by molar-refractivity contribution is -0.146. The van der Waals surface area contributed by atoms with Crippen LogP contribution in [0.15, 0.2) is 24.3 Å². The van der Waals surface area contributed by atoms with Gasteiger partial charge in [-0.15, -0.1) is 0 Å². The molecule has 0 N–H and O–H groups in total. The average Bonchev–Trinajstić information content (AvgIpc) is 2.66. The van der Waals surface area contributed by atoms with E-state index < -0.39 is 12.1 Å². The number of aryl methyl sites for hydroxylation is 1. The predicted molar refractivity (Wildman–Crippen MR) is 96.6 cm³/mol. The van der Waals surface area contributed by atoms with Crippen molar-refractivity contribution in [3.05, 3.63) is 35.6 Å². The second kappa shape index (κ2) is 10.0. The molecule has 0 radical (unpaired) electrons. The Morgan fingerprint density at radius 2 is 1.93 bits per heavy atom. The number of piperidine rings is 1. The molecule has 7 heteroatoms. The van der Waals surface area contributed by atoms with Crippen LogP contribution in [0.3, 0.4) is 0 Å². The summed E-state index contributed by atoms with van der Waals surface area (Å²) in [6.07, 6.45) is 1.60. The topological polar surface area (TPSA) is 72.9 Å². The van der Waals surface area contributed by atoms with Gasteiger partial charge in [0.25, 0.3) is 0 Å². The van der Waals surface area contributed by atoms with Gasteiger partial charge in [-0.3, -0.25) is 9.59 Å². The van der Waals surface area contributed by atoms with E-state index in [1.807, 2.05) is 0 Å². The number of ether oxygens (including phenoxy) is 2. The molecule has 0 saturated carbocycles. The Morgan fingerprint density at radius 3 is 2.56 bits per heavy atom. The van der Waals surface area contributed by atoms with Gasteiger partial charge in [-0.1, -0.05) is 12.1 Å². The zero-order valence-electron chi connectivity index (χ0n) is 15.8. The van der Waals surface area contributed by atoms with Crippen LogP contribution in [0.4, 0.5) is 9.18 Å². The Balaban J connectivity index is 2.01. The highest BCUT2D eigenvalue weighted by Crippen LogP contribution is 2.28. The van der Waals surface area contributed by atoms with E-state index in [9.17, 15) is 18.8 Å². The monoisotopic (exact) mass is 379 g/mol. The summed E-state index contributed by atoms with van der Waals surface area (Å²) in [7, 11) is 1.33.